The molecule has 0 aromatic carbocycles. The number of nitrogens with zero attached hydrogens (tertiary/aromatic N) is 2. The van der Waals surface area contributed by atoms with Gasteiger partial charge in [0.2, 0.25) is 11.8 Å². The van der Waals surface area contributed by atoms with Crippen molar-refractivity contribution in [3.8, 4) is 11.8 Å². The average Bonchev–Trinajstić information content (AvgIpc) is 3.04. The van der Waals surface area contributed by atoms with Gasteiger partial charge in [-0.15, -0.1) is 0 Å². The number of halogens is 5. The summed E-state index contributed by atoms with van der Waals surface area (Å²) in [5, 5.41) is 2.64. The third-order valence-electron chi connectivity index (χ3n) is 4.17. The summed E-state index contributed by atoms with van der Waals surface area (Å²) in [5.41, 5.74) is 0.150. The number of pyridine rings is 1. The molecule has 1 aromatic heterocycles. The molecule has 1 unspecified atom stereocenters. The summed E-state index contributed by atoms with van der Waals surface area (Å²) in [6, 6.07) is 0.605. The van der Waals surface area contributed by atoms with Gasteiger partial charge in [0.15, 0.2) is 12.4 Å². The van der Waals surface area contributed by atoms with Gasteiger partial charge in [0, 0.05) is 12.1 Å². The van der Waals surface area contributed by atoms with Crippen molar-refractivity contribution in [3.63, 3.8) is 0 Å². The predicted molar refractivity (Wildman–Crippen MR) is 84.7 cm³/mol. The lowest BCUT2D eigenvalue weighted by molar-refractivity contribution is -0.149. The van der Waals surface area contributed by atoms with E-state index in [2.05, 4.69) is 15.0 Å². The largest absolute Gasteiger partial charge is 0.481 e. The van der Waals surface area contributed by atoms with Crippen LogP contribution in [0.4, 0.5) is 22.0 Å². The van der Waals surface area contributed by atoms with E-state index >= 15 is 0 Å². The molecule has 1 N–H and O–H groups in total. The zero-order valence-electron chi connectivity index (χ0n) is 14.8. The van der Waals surface area contributed by atoms with Crippen LogP contribution in [0.3, 0.4) is 0 Å². The second kappa shape index (κ2) is 8.68. The van der Waals surface area contributed by atoms with Crippen molar-refractivity contribution < 1.29 is 36.2 Å². The van der Waals surface area contributed by atoms with Gasteiger partial charge < -0.3 is 14.8 Å². The lowest BCUT2D eigenvalue weighted by Gasteiger charge is -2.19. The summed E-state index contributed by atoms with van der Waals surface area (Å²) in [6.07, 6.45) is -2.36. The molecule has 1 saturated heterocycles. The molecule has 0 bridgehead atoms. The van der Waals surface area contributed by atoms with E-state index in [1.807, 2.05) is 11.9 Å². The number of likely N-dealkylation sites (N-methyl/N-ethyl adjacent to an activating group) is 1. The predicted octanol–water partition coefficient (Wildman–Crippen LogP) is 2.22. The zero-order valence-corrected chi connectivity index (χ0v) is 14.8. The highest BCUT2D eigenvalue weighted by molar-refractivity contribution is 5.82. The normalized spacial score (nSPS) is 18.0. The Labute approximate surface area is 152 Å². The second-order valence-electron chi connectivity index (χ2n) is 6.15. The van der Waals surface area contributed by atoms with Crippen LogP contribution in [0.1, 0.15) is 18.4 Å². The highest BCUT2D eigenvalue weighted by atomic mass is 19.3. The van der Waals surface area contributed by atoms with E-state index in [1.54, 1.807) is 0 Å². The second-order valence-corrected chi connectivity index (χ2v) is 6.15. The number of hydrogen-bond acceptors (Lipinski definition) is 5. The molecule has 0 saturated carbocycles. The monoisotopic (exact) mass is 397 g/mol. The van der Waals surface area contributed by atoms with Crippen LogP contribution in [0, 0.1) is 5.82 Å². The number of aromatic nitrogens is 1. The Morgan fingerprint density at radius 1 is 1.44 bits per heavy atom. The molecule has 0 spiro atoms. The molecule has 1 fully saturated rings. The first kappa shape index (κ1) is 21.1. The van der Waals surface area contributed by atoms with Crippen molar-refractivity contribution >= 4 is 5.91 Å². The van der Waals surface area contributed by atoms with Crippen LogP contribution < -0.4 is 14.8 Å². The number of likely N-dealkylation sites (tertiary alicyclic amines) is 1. The van der Waals surface area contributed by atoms with Crippen LogP contribution in [0.25, 0.3) is 0 Å². The fourth-order valence-electron chi connectivity index (χ4n) is 2.67. The molecule has 27 heavy (non-hydrogen) atoms. The van der Waals surface area contributed by atoms with Gasteiger partial charge in [0.05, 0.1) is 13.2 Å². The Morgan fingerprint density at radius 3 is 2.70 bits per heavy atom. The third-order valence-corrected chi connectivity index (χ3v) is 4.17. The van der Waals surface area contributed by atoms with Crippen LogP contribution in [-0.4, -0.2) is 61.5 Å². The standard InChI is InChI=1S/C16H20F5N3O3/c1-24-5-3-4-11(24)12(25)22-7-9-6-10(17)14(23-13(9)26-2)27-8-16(20,21)15(18)19/h6,11,15H,3-5,7-8H2,1-2H3,(H,22,25). The highest BCUT2D eigenvalue weighted by Crippen LogP contribution is 2.27. The van der Waals surface area contributed by atoms with Gasteiger partial charge in [-0.25, -0.2) is 13.2 Å². The molecule has 1 amide bonds. The van der Waals surface area contributed by atoms with Crippen molar-refractivity contribution in [1.29, 1.82) is 0 Å². The average molecular weight is 397 g/mol. The first-order valence-electron chi connectivity index (χ1n) is 8.16. The Morgan fingerprint density at radius 2 is 2.15 bits per heavy atom. The van der Waals surface area contributed by atoms with Gasteiger partial charge in [-0.1, -0.05) is 0 Å². The molecule has 2 heterocycles. The number of nitrogens with one attached hydrogen (secondary N) is 1. The minimum absolute atomic E-state index is 0.107. The molecular weight excluding hydrogens is 377 g/mol. The van der Waals surface area contributed by atoms with Crippen LogP contribution in [0.5, 0.6) is 11.8 Å². The number of rotatable bonds is 8. The molecule has 1 atom stereocenters. The van der Waals surface area contributed by atoms with Crippen molar-refractivity contribution in [1.82, 2.24) is 15.2 Å². The van der Waals surface area contributed by atoms with E-state index in [0.717, 1.165) is 19.0 Å². The summed E-state index contributed by atoms with van der Waals surface area (Å²) < 4.78 is 73.5. The SMILES string of the molecule is COc1nc(OCC(F)(F)C(F)F)c(F)cc1CNC(=O)C1CCCN1C. The van der Waals surface area contributed by atoms with Crippen LogP contribution in [-0.2, 0) is 11.3 Å². The van der Waals surface area contributed by atoms with Crippen molar-refractivity contribution in [2.24, 2.45) is 0 Å². The Bertz CT molecular complexity index is 675. The maximum absolute atomic E-state index is 14.0. The highest BCUT2D eigenvalue weighted by Gasteiger charge is 2.42. The van der Waals surface area contributed by atoms with Gasteiger partial charge in [-0.2, -0.15) is 13.8 Å². The molecule has 0 radical (unpaired) electrons. The number of amides is 1. The van der Waals surface area contributed by atoms with Gasteiger partial charge in [0.25, 0.3) is 5.88 Å². The minimum atomic E-state index is -4.44. The number of carbonyl (C=O) groups excluding carboxylic acids is 1. The molecule has 2 rings (SSSR count). The summed E-state index contributed by atoms with van der Waals surface area (Å²) >= 11 is 0. The van der Waals surface area contributed by atoms with E-state index in [0.29, 0.717) is 6.42 Å². The minimum Gasteiger partial charge on any atom is -0.481 e. The van der Waals surface area contributed by atoms with E-state index in [-0.39, 0.29) is 29.9 Å². The van der Waals surface area contributed by atoms with E-state index in [4.69, 9.17) is 4.74 Å². The topological polar surface area (TPSA) is 63.7 Å². The smallest absolute Gasteiger partial charge is 0.340 e. The lowest BCUT2D eigenvalue weighted by Crippen LogP contribution is -2.41. The first-order valence-corrected chi connectivity index (χ1v) is 8.16. The molecule has 1 aromatic rings. The van der Waals surface area contributed by atoms with Crippen molar-refractivity contribution in [3.05, 3.63) is 17.4 Å². The maximum Gasteiger partial charge on any atom is 0.340 e. The third kappa shape index (κ3) is 5.18. The summed E-state index contributed by atoms with van der Waals surface area (Å²) in [4.78, 5) is 17.6. The van der Waals surface area contributed by atoms with E-state index in [1.165, 1.54) is 7.11 Å². The zero-order chi connectivity index (χ0) is 20.2. The first-order chi connectivity index (χ1) is 12.7. The van der Waals surface area contributed by atoms with Crippen LogP contribution >= 0.6 is 0 Å². The van der Waals surface area contributed by atoms with E-state index < -0.39 is 30.7 Å². The quantitative estimate of drug-likeness (QED) is 0.682. The summed E-state index contributed by atoms with van der Waals surface area (Å²) in [7, 11) is 3.02. The van der Waals surface area contributed by atoms with Crippen molar-refractivity contribution in [2.45, 2.75) is 37.8 Å². The van der Waals surface area contributed by atoms with Crippen LogP contribution in [0.15, 0.2) is 6.07 Å². The Balaban J connectivity index is 2.05. The van der Waals surface area contributed by atoms with Crippen LogP contribution in [0.2, 0.25) is 0 Å². The Kier molecular flexibility index (Phi) is 6.79. The van der Waals surface area contributed by atoms with Gasteiger partial charge in [-0.05, 0) is 32.5 Å². The van der Waals surface area contributed by atoms with Gasteiger partial charge >= 0.3 is 12.3 Å². The molecule has 11 heteroatoms. The number of alkyl halides is 4. The number of carbonyl (C=O) groups is 1. The van der Waals surface area contributed by atoms with Gasteiger partial charge in [-0.3, -0.25) is 9.69 Å². The molecule has 6 nitrogen and oxygen atoms in total. The number of hydrogen-bond donors (Lipinski definition) is 1. The van der Waals surface area contributed by atoms with Crippen molar-refractivity contribution in [2.75, 3.05) is 27.3 Å². The Hall–Kier alpha value is -2.17. The maximum atomic E-state index is 14.0. The molecule has 152 valence electrons. The van der Waals surface area contributed by atoms with E-state index in [9.17, 15) is 26.7 Å². The number of methoxy groups -OCH3 is 1. The van der Waals surface area contributed by atoms with Gasteiger partial charge in [0.1, 0.15) is 0 Å². The summed E-state index contributed by atoms with van der Waals surface area (Å²) in [6.45, 7) is -1.04. The molecule has 0 aliphatic carbocycles. The fourth-order valence-corrected chi connectivity index (χ4v) is 2.67. The molecule has 1 aliphatic heterocycles. The fraction of sp³-hybridized carbons (Fsp3) is 0.625. The molecular formula is C16H20F5N3O3. The number of ether oxygens (including phenoxy) is 2. The molecule has 1 aliphatic rings. The lowest BCUT2D eigenvalue weighted by atomic mass is 10.2. The summed E-state index contributed by atoms with van der Waals surface area (Å²) in [5.74, 6) is -6.89.